The summed E-state index contributed by atoms with van der Waals surface area (Å²) >= 11 is 0. The molecule has 0 radical (unpaired) electrons. The highest BCUT2D eigenvalue weighted by Crippen LogP contribution is 2.33. The van der Waals surface area contributed by atoms with Crippen LogP contribution in [0.5, 0.6) is 0 Å². The van der Waals surface area contributed by atoms with E-state index in [0.717, 1.165) is 19.6 Å². The molecule has 1 aliphatic rings. The van der Waals surface area contributed by atoms with E-state index in [2.05, 4.69) is 54.8 Å². The van der Waals surface area contributed by atoms with Crippen molar-refractivity contribution in [1.29, 1.82) is 0 Å². The van der Waals surface area contributed by atoms with Gasteiger partial charge in [-0.2, -0.15) is 0 Å². The Morgan fingerprint density at radius 3 is 2.52 bits per heavy atom. The first-order valence-electron chi connectivity index (χ1n) is 8.76. The summed E-state index contributed by atoms with van der Waals surface area (Å²) in [5.41, 5.74) is 1.84. The molecule has 0 aliphatic carbocycles. The normalized spacial score (nSPS) is 19.3. The molecule has 0 amide bonds. The molecule has 0 aromatic heterocycles. The molecule has 1 atom stereocenters. The van der Waals surface area contributed by atoms with E-state index in [1.807, 2.05) is 0 Å². The van der Waals surface area contributed by atoms with Crippen LogP contribution >= 0.6 is 0 Å². The van der Waals surface area contributed by atoms with Crippen molar-refractivity contribution >= 4 is 0 Å². The summed E-state index contributed by atoms with van der Waals surface area (Å²) < 4.78 is 0. The van der Waals surface area contributed by atoms with Gasteiger partial charge in [-0.1, -0.05) is 56.5 Å². The van der Waals surface area contributed by atoms with Gasteiger partial charge in [0.15, 0.2) is 0 Å². The lowest BCUT2D eigenvalue weighted by atomic mass is 9.73. The first kappa shape index (κ1) is 16.5. The van der Waals surface area contributed by atoms with E-state index < -0.39 is 0 Å². The standard InChI is InChI=1S/C19H32N2/c1-3-4-6-9-17(2)21-16-19(12-14-20-15-13-19)18-10-7-5-8-11-18/h5,7-8,10-11,17,20-21H,3-4,6,9,12-16H2,1-2H3. The van der Waals surface area contributed by atoms with Gasteiger partial charge in [-0.05, 0) is 44.8 Å². The molecule has 118 valence electrons. The number of hydrogen-bond acceptors (Lipinski definition) is 2. The zero-order valence-electron chi connectivity index (χ0n) is 13.8. The summed E-state index contributed by atoms with van der Waals surface area (Å²) in [7, 11) is 0. The van der Waals surface area contributed by atoms with E-state index in [1.165, 1.54) is 44.1 Å². The Hall–Kier alpha value is -0.860. The molecular weight excluding hydrogens is 256 g/mol. The fourth-order valence-electron chi connectivity index (χ4n) is 3.44. The number of benzene rings is 1. The number of unbranched alkanes of at least 4 members (excludes halogenated alkanes) is 2. The summed E-state index contributed by atoms with van der Waals surface area (Å²) in [4.78, 5) is 0. The van der Waals surface area contributed by atoms with Crippen molar-refractivity contribution in [3.8, 4) is 0 Å². The zero-order valence-corrected chi connectivity index (χ0v) is 13.8. The number of nitrogens with one attached hydrogen (secondary N) is 2. The van der Waals surface area contributed by atoms with E-state index in [-0.39, 0.29) is 0 Å². The SMILES string of the molecule is CCCCCC(C)NCC1(c2ccccc2)CCNCC1. The molecule has 2 N–H and O–H groups in total. The molecule has 1 fully saturated rings. The molecule has 2 heteroatoms. The molecule has 1 unspecified atom stereocenters. The Labute approximate surface area is 130 Å². The predicted octanol–water partition coefficient (Wildman–Crippen LogP) is 3.87. The van der Waals surface area contributed by atoms with Crippen molar-refractivity contribution in [3.05, 3.63) is 35.9 Å². The van der Waals surface area contributed by atoms with Crippen LogP contribution in [0.15, 0.2) is 30.3 Å². The zero-order chi connectivity index (χ0) is 15.0. The Morgan fingerprint density at radius 1 is 1.14 bits per heavy atom. The minimum Gasteiger partial charge on any atom is -0.317 e. The third kappa shape index (κ3) is 4.82. The van der Waals surface area contributed by atoms with Crippen LogP contribution in [0, 0.1) is 0 Å². The second-order valence-corrected chi connectivity index (χ2v) is 6.67. The van der Waals surface area contributed by atoms with Gasteiger partial charge in [0, 0.05) is 18.0 Å². The lowest BCUT2D eigenvalue weighted by Crippen LogP contribution is -2.48. The molecule has 2 nitrogen and oxygen atoms in total. The van der Waals surface area contributed by atoms with Gasteiger partial charge < -0.3 is 10.6 Å². The summed E-state index contributed by atoms with van der Waals surface area (Å²) in [6.07, 6.45) is 7.81. The monoisotopic (exact) mass is 288 g/mol. The number of rotatable bonds is 8. The Bertz CT molecular complexity index is 382. The van der Waals surface area contributed by atoms with Gasteiger partial charge in [0.1, 0.15) is 0 Å². The average Bonchev–Trinajstić information content (AvgIpc) is 2.55. The highest BCUT2D eigenvalue weighted by molar-refractivity contribution is 5.27. The molecule has 21 heavy (non-hydrogen) atoms. The van der Waals surface area contributed by atoms with Gasteiger partial charge in [0.2, 0.25) is 0 Å². The fourth-order valence-corrected chi connectivity index (χ4v) is 3.44. The van der Waals surface area contributed by atoms with Gasteiger partial charge in [0.25, 0.3) is 0 Å². The van der Waals surface area contributed by atoms with E-state index >= 15 is 0 Å². The van der Waals surface area contributed by atoms with Crippen LogP contribution in [0.2, 0.25) is 0 Å². The third-order valence-electron chi connectivity index (χ3n) is 4.98. The molecule has 0 spiro atoms. The van der Waals surface area contributed by atoms with Crippen LogP contribution in [0.4, 0.5) is 0 Å². The molecule has 1 heterocycles. The highest BCUT2D eigenvalue weighted by atomic mass is 14.9. The summed E-state index contributed by atoms with van der Waals surface area (Å²) in [5, 5.41) is 7.33. The first-order valence-corrected chi connectivity index (χ1v) is 8.76. The van der Waals surface area contributed by atoms with Crippen molar-refractivity contribution in [2.75, 3.05) is 19.6 Å². The smallest absolute Gasteiger partial charge is 0.0102 e. The molecule has 1 aliphatic heterocycles. The molecule has 1 aromatic rings. The van der Waals surface area contributed by atoms with E-state index in [9.17, 15) is 0 Å². The molecular formula is C19H32N2. The second-order valence-electron chi connectivity index (χ2n) is 6.67. The Kier molecular flexibility index (Phi) is 6.72. The van der Waals surface area contributed by atoms with Crippen LogP contribution in [0.25, 0.3) is 0 Å². The Morgan fingerprint density at radius 2 is 1.86 bits per heavy atom. The van der Waals surface area contributed by atoms with E-state index in [1.54, 1.807) is 0 Å². The number of piperidine rings is 1. The minimum atomic E-state index is 0.325. The molecule has 0 bridgehead atoms. The topological polar surface area (TPSA) is 24.1 Å². The number of hydrogen-bond donors (Lipinski definition) is 2. The summed E-state index contributed by atoms with van der Waals surface area (Å²) in [6.45, 7) is 8.01. The Balaban J connectivity index is 1.94. The predicted molar refractivity (Wildman–Crippen MR) is 91.8 cm³/mol. The van der Waals surface area contributed by atoms with Crippen molar-refractivity contribution < 1.29 is 0 Å². The van der Waals surface area contributed by atoms with Gasteiger partial charge >= 0.3 is 0 Å². The second kappa shape index (κ2) is 8.55. The van der Waals surface area contributed by atoms with E-state index in [4.69, 9.17) is 0 Å². The van der Waals surface area contributed by atoms with Crippen LogP contribution < -0.4 is 10.6 Å². The van der Waals surface area contributed by atoms with Crippen molar-refractivity contribution in [1.82, 2.24) is 10.6 Å². The van der Waals surface area contributed by atoms with Crippen molar-refractivity contribution in [3.63, 3.8) is 0 Å². The van der Waals surface area contributed by atoms with Crippen LogP contribution in [-0.4, -0.2) is 25.7 Å². The lowest BCUT2D eigenvalue weighted by molar-refractivity contribution is 0.280. The van der Waals surface area contributed by atoms with Gasteiger partial charge in [-0.15, -0.1) is 0 Å². The third-order valence-corrected chi connectivity index (χ3v) is 4.98. The summed E-state index contributed by atoms with van der Waals surface area (Å²) in [5.74, 6) is 0. The van der Waals surface area contributed by atoms with E-state index in [0.29, 0.717) is 11.5 Å². The maximum atomic E-state index is 3.82. The minimum absolute atomic E-state index is 0.325. The summed E-state index contributed by atoms with van der Waals surface area (Å²) in [6, 6.07) is 11.8. The molecule has 1 aromatic carbocycles. The highest BCUT2D eigenvalue weighted by Gasteiger charge is 2.33. The quantitative estimate of drug-likeness (QED) is 0.710. The maximum absolute atomic E-state index is 3.82. The molecule has 1 saturated heterocycles. The van der Waals surface area contributed by atoms with Crippen LogP contribution in [-0.2, 0) is 5.41 Å². The molecule has 2 rings (SSSR count). The lowest BCUT2D eigenvalue weighted by Gasteiger charge is -2.39. The van der Waals surface area contributed by atoms with Gasteiger partial charge in [0.05, 0.1) is 0 Å². The fraction of sp³-hybridized carbons (Fsp3) is 0.684. The first-order chi connectivity index (χ1) is 10.3. The van der Waals surface area contributed by atoms with Crippen LogP contribution in [0.3, 0.4) is 0 Å². The van der Waals surface area contributed by atoms with Crippen molar-refractivity contribution in [2.24, 2.45) is 0 Å². The van der Waals surface area contributed by atoms with Gasteiger partial charge in [-0.3, -0.25) is 0 Å². The maximum Gasteiger partial charge on any atom is 0.0102 e. The average molecular weight is 288 g/mol. The van der Waals surface area contributed by atoms with Crippen molar-refractivity contribution in [2.45, 2.75) is 63.8 Å². The largest absolute Gasteiger partial charge is 0.317 e. The van der Waals surface area contributed by atoms with Crippen LogP contribution in [0.1, 0.15) is 57.9 Å². The molecule has 0 saturated carbocycles. The van der Waals surface area contributed by atoms with Gasteiger partial charge in [-0.25, -0.2) is 0 Å².